The fraction of sp³-hybridized carbons (Fsp3) is 0.875. The predicted octanol–water partition coefficient (Wildman–Crippen LogP) is 14.7. The summed E-state index contributed by atoms with van der Waals surface area (Å²) < 4.78 is 22.8. The lowest BCUT2D eigenvalue weighted by Crippen LogP contribution is -2.65. The maximum absolute atomic E-state index is 13.3. The van der Waals surface area contributed by atoms with E-state index in [4.69, 9.17) is 18.9 Å². The molecule has 12 unspecified atom stereocenters. The quantitative estimate of drug-likeness (QED) is 0.0204. The van der Waals surface area contributed by atoms with Crippen LogP contribution >= 0.6 is 0 Å². The van der Waals surface area contributed by atoms with E-state index in [0.717, 1.165) is 44.9 Å². The van der Waals surface area contributed by atoms with E-state index in [-0.39, 0.29) is 18.9 Å². The molecule has 0 aromatic carbocycles. The van der Waals surface area contributed by atoms with Gasteiger partial charge in [0.25, 0.3) is 0 Å². The van der Waals surface area contributed by atoms with Crippen molar-refractivity contribution in [3.63, 3.8) is 0 Å². The molecule has 9 N–H and O–H groups in total. The number of ether oxygens (including phenoxy) is 4. The third-order valence-electron chi connectivity index (χ3n) is 17.5. The first kappa shape index (κ1) is 80.0. The molecule has 2 saturated heterocycles. The van der Waals surface area contributed by atoms with Crippen molar-refractivity contribution in [3.05, 3.63) is 48.6 Å². The van der Waals surface area contributed by atoms with Crippen molar-refractivity contribution < 1.29 is 64.6 Å². The lowest BCUT2D eigenvalue weighted by molar-refractivity contribution is -0.359. The molecule has 0 spiro atoms. The van der Waals surface area contributed by atoms with Gasteiger partial charge in [-0.25, -0.2) is 0 Å². The van der Waals surface area contributed by atoms with Crippen molar-refractivity contribution in [3.8, 4) is 0 Å². The highest BCUT2D eigenvalue weighted by molar-refractivity contribution is 5.76. The number of unbranched alkanes of at least 4 members (excludes halogenated alkanes) is 40. The number of hydrogen-bond acceptors (Lipinski definition) is 13. The second kappa shape index (κ2) is 56.9. The maximum atomic E-state index is 13.3. The first-order valence-corrected chi connectivity index (χ1v) is 35.9. The number of aliphatic hydroxyl groups is 8. The van der Waals surface area contributed by atoms with Gasteiger partial charge in [-0.3, -0.25) is 4.79 Å². The van der Waals surface area contributed by atoms with Crippen LogP contribution in [-0.2, 0) is 23.7 Å². The van der Waals surface area contributed by atoms with Gasteiger partial charge in [-0.05, 0) is 70.6 Å². The highest BCUT2D eigenvalue weighted by Gasteiger charge is 2.51. The Kier molecular flexibility index (Phi) is 53.0. The number of nitrogens with one attached hydrogen (secondary N) is 1. The van der Waals surface area contributed by atoms with Gasteiger partial charge in [0.15, 0.2) is 12.6 Å². The Balaban J connectivity index is 1.64. The molecule has 2 fully saturated rings. The minimum Gasteiger partial charge on any atom is -0.394 e. The van der Waals surface area contributed by atoms with Gasteiger partial charge in [0.2, 0.25) is 5.91 Å². The molecule has 0 aliphatic carbocycles. The third-order valence-corrected chi connectivity index (χ3v) is 17.5. The summed E-state index contributed by atoms with van der Waals surface area (Å²) in [6.45, 7) is 2.81. The van der Waals surface area contributed by atoms with E-state index in [1.165, 1.54) is 231 Å². The predicted molar refractivity (Wildman–Crippen MR) is 351 cm³/mol. The van der Waals surface area contributed by atoms with Crippen LogP contribution in [0.1, 0.15) is 309 Å². The van der Waals surface area contributed by atoms with E-state index in [2.05, 4.69) is 55.6 Å². The van der Waals surface area contributed by atoms with Crippen molar-refractivity contribution in [2.45, 2.75) is 383 Å². The van der Waals surface area contributed by atoms with Gasteiger partial charge < -0.3 is 65.1 Å². The number of hydrogen-bond donors (Lipinski definition) is 9. The molecule has 12 atom stereocenters. The topological polar surface area (TPSA) is 228 Å². The Morgan fingerprint density at radius 2 is 0.744 bits per heavy atom. The van der Waals surface area contributed by atoms with Gasteiger partial charge in [-0.1, -0.05) is 281 Å². The van der Waals surface area contributed by atoms with Crippen LogP contribution in [0.2, 0.25) is 0 Å². The van der Waals surface area contributed by atoms with E-state index in [0.29, 0.717) is 12.8 Å². The number of amides is 1. The van der Waals surface area contributed by atoms with Crippen LogP contribution in [-0.4, -0.2) is 140 Å². The standard InChI is InChI=1S/C72H133NO13/c1-3-5-7-9-11-13-15-17-19-21-23-24-25-26-27-28-29-30-31-32-33-34-35-36-38-40-42-44-46-48-50-52-54-56-64(77)73-60(61(76)55-53-51-49-47-45-43-41-39-37-22-20-18-16-14-12-10-8-6-4-2)59-83-71-69(82)67(80)70(63(58-75)85-71)86-72-68(81)66(79)65(78)62(57-74)84-72/h21,23,37,39,45,47,53,55,60-63,65-72,74-76,78-82H,3-20,22,24-36,38,40-44,46,48-52,54,56-59H2,1-2H3,(H,73,77)/b23-21-,39-37+,47-45+,55-53+. The lowest BCUT2D eigenvalue weighted by Gasteiger charge is -2.46. The average Bonchev–Trinajstić information content (AvgIpc) is 2.63. The summed E-state index contributed by atoms with van der Waals surface area (Å²) in [5.41, 5.74) is 0. The summed E-state index contributed by atoms with van der Waals surface area (Å²) in [4.78, 5) is 13.3. The zero-order valence-electron chi connectivity index (χ0n) is 54.8. The minimum absolute atomic E-state index is 0.248. The van der Waals surface area contributed by atoms with Crippen LogP contribution in [0.15, 0.2) is 48.6 Å². The van der Waals surface area contributed by atoms with Crippen LogP contribution in [0.5, 0.6) is 0 Å². The lowest BCUT2D eigenvalue weighted by atomic mass is 9.97. The van der Waals surface area contributed by atoms with Gasteiger partial charge in [-0.15, -0.1) is 0 Å². The fourth-order valence-corrected chi connectivity index (χ4v) is 11.7. The summed E-state index contributed by atoms with van der Waals surface area (Å²) >= 11 is 0. The largest absolute Gasteiger partial charge is 0.394 e. The van der Waals surface area contributed by atoms with Gasteiger partial charge in [-0.2, -0.15) is 0 Å². The molecule has 2 aliphatic rings. The Morgan fingerprint density at radius 3 is 1.14 bits per heavy atom. The summed E-state index contributed by atoms with van der Waals surface area (Å²) in [6, 6.07) is -0.938. The molecular weight excluding hydrogens is 1090 g/mol. The highest BCUT2D eigenvalue weighted by atomic mass is 16.7. The van der Waals surface area contributed by atoms with Crippen LogP contribution in [0, 0.1) is 0 Å². The Hall–Kier alpha value is -2.05. The number of aliphatic hydroxyl groups excluding tert-OH is 8. The fourth-order valence-electron chi connectivity index (χ4n) is 11.7. The van der Waals surface area contributed by atoms with Crippen molar-refractivity contribution in [1.82, 2.24) is 5.32 Å². The molecule has 0 saturated carbocycles. The van der Waals surface area contributed by atoms with Crippen molar-refractivity contribution >= 4 is 5.91 Å². The Labute approximate surface area is 524 Å². The molecule has 2 aliphatic heterocycles. The van der Waals surface area contributed by atoms with Gasteiger partial charge in [0.05, 0.1) is 32.0 Å². The molecule has 14 heteroatoms. The maximum Gasteiger partial charge on any atom is 0.220 e. The zero-order chi connectivity index (χ0) is 62.3. The summed E-state index contributed by atoms with van der Waals surface area (Å²) in [7, 11) is 0. The normalized spacial score (nSPS) is 23.7. The highest BCUT2D eigenvalue weighted by Crippen LogP contribution is 2.30. The molecule has 2 heterocycles. The van der Waals surface area contributed by atoms with E-state index < -0.39 is 86.8 Å². The number of rotatable bonds is 59. The van der Waals surface area contributed by atoms with Crippen LogP contribution in [0.25, 0.3) is 0 Å². The summed E-state index contributed by atoms with van der Waals surface area (Å²) in [6.07, 6.45) is 57.6. The summed E-state index contributed by atoms with van der Waals surface area (Å²) in [5, 5.41) is 87.3. The molecule has 14 nitrogen and oxygen atoms in total. The SMILES string of the molecule is CCCCCCCCCC/C=C\CCCCCCCCCCCCCCCCCCCCCCCC(=O)NC(COC1OC(CO)C(OC2OC(CO)C(O)C(O)C2O)C(O)C1O)C(O)/C=C/CC/C=C/CC/C=C/CCCCCCCCCCC. The minimum atomic E-state index is -1.79. The average molecular weight is 1220 g/mol. The molecule has 1 amide bonds. The molecule has 0 radical (unpaired) electrons. The smallest absolute Gasteiger partial charge is 0.220 e. The van der Waals surface area contributed by atoms with E-state index in [1.807, 2.05) is 6.08 Å². The summed E-state index contributed by atoms with van der Waals surface area (Å²) in [5.74, 6) is -0.248. The van der Waals surface area contributed by atoms with Crippen LogP contribution < -0.4 is 5.32 Å². The van der Waals surface area contributed by atoms with Crippen LogP contribution in [0.4, 0.5) is 0 Å². The van der Waals surface area contributed by atoms with E-state index in [1.54, 1.807) is 6.08 Å². The van der Waals surface area contributed by atoms with Crippen molar-refractivity contribution in [2.75, 3.05) is 19.8 Å². The second-order valence-corrected chi connectivity index (χ2v) is 25.3. The molecule has 86 heavy (non-hydrogen) atoms. The molecule has 2 rings (SSSR count). The van der Waals surface area contributed by atoms with Gasteiger partial charge in [0, 0.05) is 6.42 Å². The first-order valence-electron chi connectivity index (χ1n) is 35.9. The first-order chi connectivity index (χ1) is 42.1. The van der Waals surface area contributed by atoms with Crippen molar-refractivity contribution in [1.29, 1.82) is 0 Å². The van der Waals surface area contributed by atoms with E-state index >= 15 is 0 Å². The monoisotopic (exact) mass is 1220 g/mol. The second-order valence-electron chi connectivity index (χ2n) is 25.3. The molecule has 0 bridgehead atoms. The number of carbonyl (C=O) groups excluding carboxylic acids is 1. The zero-order valence-corrected chi connectivity index (χ0v) is 54.8. The molecular formula is C72H133NO13. The van der Waals surface area contributed by atoms with Crippen molar-refractivity contribution in [2.24, 2.45) is 0 Å². The number of allylic oxidation sites excluding steroid dienone is 7. The molecule has 0 aromatic heterocycles. The Morgan fingerprint density at radius 1 is 0.407 bits per heavy atom. The molecule has 0 aromatic rings. The molecule has 504 valence electrons. The third kappa shape index (κ3) is 40.6. The number of carbonyl (C=O) groups is 1. The van der Waals surface area contributed by atoms with Crippen LogP contribution in [0.3, 0.4) is 0 Å². The van der Waals surface area contributed by atoms with Gasteiger partial charge in [0.1, 0.15) is 48.8 Å². The van der Waals surface area contributed by atoms with E-state index in [9.17, 15) is 45.6 Å². The van der Waals surface area contributed by atoms with Gasteiger partial charge >= 0.3 is 0 Å². The Bertz CT molecular complexity index is 1630.